The third-order valence-corrected chi connectivity index (χ3v) is 5.79. The summed E-state index contributed by atoms with van der Waals surface area (Å²) in [6, 6.07) is 6.46. The van der Waals surface area contributed by atoms with Crippen LogP contribution in [-0.2, 0) is 6.42 Å². The third kappa shape index (κ3) is 4.37. The Morgan fingerprint density at radius 1 is 1.19 bits per heavy atom. The first-order valence-corrected chi connectivity index (χ1v) is 8.98. The molecule has 1 nitrogen and oxygen atoms in total. The van der Waals surface area contributed by atoms with Gasteiger partial charge in [-0.05, 0) is 49.3 Å². The van der Waals surface area contributed by atoms with Crippen molar-refractivity contribution in [2.75, 3.05) is 6.54 Å². The Hall–Kier alpha value is -0.240. The zero-order valence-electron chi connectivity index (χ0n) is 13.2. The molecule has 1 aliphatic rings. The quantitative estimate of drug-likeness (QED) is 0.688. The molecule has 0 radical (unpaired) electrons. The fourth-order valence-corrected chi connectivity index (χ4v) is 3.91. The molecule has 21 heavy (non-hydrogen) atoms. The van der Waals surface area contributed by atoms with Crippen molar-refractivity contribution in [3.8, 4) is 0 Å². The SMILES string of the molecule is CCCNC(Cc1cccc(Cl)c1Cl)C1(C)CCCCC1. The van der Waals surface area contributed by atoms with E-state index in [9.17, 15) is 0 Å². The maximum Gasteiger partial charge on any atom is 0.0624 e. The lowest BCUT2D eigenvalue weighted by atomic mass is 9.69. The highest BCUT2D eigenvalue weighted by Gasteiger charge is 2.35. The van der Waals surface area contributed by atoms with Crippen molar-refractivity contribution in [1.82, 2.24) is 5.32 Å². The number of rotatable bonds is 6. The second-order valence-corrected chi connectivity index (χ2v) is 7.42. The van der Waals surface area contributed by atoms with Crippen LogP contribution in [0.3, 0.4) is 0 Å². The highest BCUT2D eigenvalue weighted by Crippen LogP contribution is 2.40. The van der Waals surface area contributed by atoms with E-state index in [1.807, 2.05) is 12.1 Å². The fraction of sp³-hybridized carbons (Fsp3) is 0.667. The molecule has 0 amide bonds. The van der Waals surface area contributed by atoms with Gasteiger partial charge in [-0.15, -0.1) is 0 Å². The van der Waals surface area contributed by atoms with Gasteiger partial charge in [-0.25, -0.2) is 0 Å². The van der Waals surface area contributed by atoms with Crippen LogP contribution in [-0.4, -0.2) is 12.6 Å². The molecular weight excluding hydrogens is 301 g/mol. The Labute approximate surface area is 139 Å². The molecule has 0 spiro atoms. The largest absolute Gasteiger partial charge is 0.313 e. The van der Waals surface area contributed by atoms with E-state index in [1.165, 1.54) is 37.7 Å². The predicted octanol–water partition coefficient (Wildman–Crippen LogP) is 5.87. The number of nitrogens with one attached hydrogen (secondary N) is 1. The van der Waals surface area contributed by atoms with Crippen LogP contribution in [0.4, 0.5) is 0 Å². The lowest BCUT2D eigenvalue weighted by Crippen LogP contribution is -2.46. The summed E-state index contributed by atoms with van der Waals surface area (Å²) < 4.78 is 0. The van der Waals surface area contributed by atoms with Gasteiger partial charge in [0.2, 0.25) is 0 Å². The van der Waals surface area contributed by atoms with Crippen molar-refractivity contribution in [1.29, 1.82) is 0 Å². The maximum atomic E-state index is 6.40. The molecule has 1 unspecified atom stereocenters. The standard InChI is InChI=1S/C18H27Cl2N/c1-3-12-21-16(18(2)10-5-4-6-11-18)13-14-8-7-9-15(19)17(14)20/h7-9,16,21H,3-6,10-13H2,1-2H3. The minimum Gasteiger partial charge on any atom is -0.313 e. The molecule has 3 heteroatoms. The van der Waals surface area contributed by atoms with Gasteiger partial charge in [0.05, 0.1) is 10.0 Å². The van der Waals surface area contributed by atoms with Gasteiger partial charge < -0.3 is 5.32 Å². The zero-order chi connectivity index (χ0) is 15.3. The average molecular weight is 328 g/mol. The molecule has 1 saturated carbocycles. The van der Waals surface area contributed by atoms with Gasteiger partial charge in [0.15, 0.2) is 0 Å². The maximum absolute atomic E-state index is 6.40. The van der Waals surface area contributed by atoms with Crippen molar-refractivity contribution in [3.05, 3.63) is 33.8 Å². The lowest BCUT2D eigenvalue weighted by Gasteiger charge is -2.41. The van der Waals surface area contributed by atoms with Gasteiger partial charge in [-0.1, -0.05) is 68.4 Å². The second-order valence-electron chi connectivity index (χ2n) is 6.64. The lowest BCUT2D eigenvalue weighted by molar-refractivity contribution is 0.143. The molecule has 0 aliphatic heterocycles. The van der Waals surface area contributed by atoms with Crippen LogP contribution in [0.25, 0.3) is 0 Å². The van der Waals surface area contributed by atoms with Crippen LogP contribution < -0.4 is 5.32 Å². The molecule has 1 atom stereocenters. The molecule has 1 fully saturated rings. The highest BCUT2D eigenvalue weighted by molar-refractivity contribution is 6.42. The fourth-order valence-electron chi connectivity index (χ4n) is 3.52. The molecule has 1 aromatic carbocycles. The smallest absolute Gasteiger partial charge is 0.0624 e. The Bertz CT molecular complexity index is 453. The molecule has 118 valence electrons. The summed E-state index contributed by atoms with van der Waals surface area (Å²) in [4.78, 5) is 0. The average Bonchev–Trinajstić information content (AvgIpc) is 2.48. The molecule has 1 aliphatic carbocycles. The van der Waals surface area contributed by atoms with Crippen molar-refractivity contribution < 1.29 is 0 Å². The van der Waals surface area contributed by atoms with E-state index in [0.29, 0.717) is 16.5 Å². The Balaban J connectivity index is 2.17. The minimum absolute atomic E-state index is 0.374. The summed E-state index contributed by atoms with van der Waals surface area (Å²) in [5.74, 6) is 0. The van der Waals surface area contributed by atoms with E-state index in [-0.39, 0.29) is 0 Å². The molecule has 1 aromatic rings. The molecule has 2 rings (SSSR count). The van der Waals surface area contributed by atoms with Crippen molar-refractivity contribution in [3.63, 3.8) is 0 Å². The molecule has 1 N–H and O–H groups in total. The van der Waals surface area contributed by atoms with Crippen LogP contribution in [0.1, 0.15) is 57.9 Å². The van der Waals surface area contributed by atoms with Gasteiger partial charge in [0, 0.05) is 6.04 Å². The summed E-state index contributed by atoms with van der Waals surface area (Å²) in [6.07, 6.45) is 8.84. The molecule has 0 heterocycles. The monoisotopic (exact) mass is 327 g/mol. The van der Waals surface area contributed by atoms with Gasteiger partial charge in [0.25, 0.3) is 0 Å². The normalized spacial score (nSPS) is 19.4. The molecule has 0 bridgehead atoms. The molecule has 0 saturated heterocycles. The van der Waals surface area contributed by atoms with E-state index in [0.717, 1.165) is 24.4 Å². The Kier molecular flexibility index (Phi) is 6.40. The first-order chi connectivity index (χ1) is 10.1. The summed E-state index contributed by atoms with van der Waals surface area (Å²) in [6.45, 7) is 5.73. The highest BCUT2D eigenvalue weighted by atomic mass is 35.5. The Morgan fingerprint density at radius 2 is 1.90 bits per heavy atom. The van der Waals surface area contributed by atoms with E-state index < -0.39 is 0 Å². The van der Waals surface area contributed by atoms with Crippen LogP contribution >= 0.6 is 23.2 Å². The van der Waals surface area contributed by atoms with Crippen molar-refractivity contribution in [2.24, 2.45) is 5.41 Å². The van der Waals surface area contributed by atoms with Gasteiger partial charge in [-0.2, -0.15) is 0 Å². The zero-order valence-corrected chi connectivity index (χ0v) is 14.7. The summed E-state index contributed by atoms with van der Waals surface area (Å²) >= 11 is 12.6. The van der Waals surface area contributed by atoms with Gasteiger partial charge >= 0.3 is 0 Å². The second kappa shape index (κ2) is 7.85. The van der Waals surface area contributed by atoms with Crippen LogP contribution in [0.15, 0.2) is 18.2 Å². The topological polar surface area (TPSA) is 12.0 Å². The number of benzene rings is 1. The summed E-state index contributed by atoms with van der Waals surface area (Å²) in [7, 11) is 0. The van der Waals surface area contributed by atoms with Crippen LogP contribution in [0.2, 0.25) is 10.0 Å². The van der Waals surface area contributed by atoms with E-state index in [1.54, 1.807) is 0 Å². The van der Waals surface area contributed by atoms with Gasteiger partial charge in [0.1, 0.15) is 0 Å². The minimum atomic E-state index is 0.374. The van der Waals surface area contributed by atoms with E-state index in [2.05, 4.69) is 25.2 Å². The number of hydrogen-bond donors (Lipinski definition) is 1. The van der Waals surface area contributed by atoms with Crippen molar-refractivity contribution in [2.45, 2.75) is 64.8 Å². The predicted molar refractivity (Wildman–Crippen MR) is 93.4 cm³/mol. The summed E-state index contributed by atoms with van der Waals surface area (Å²) in [5.41, 5.74) is 1.54. The molecular formula is C18H27Cl2N. The van der Waals surface area contributed by atoms with Crippen LogP contribution in [0.5, 0.6) is 0 Å². The van der Waals surface area contributed by atoms with E-state index >= 15 is 0 Å². The Morgan fingerprint density at radius 3 is 2.57 bits per heavy atom. The number of halogens is 2. The van der Waals surface area contributed by atoms with E-state index in [4.69, 9.17) is 23.2 Å². The summed E-state index contributed by atoms with van der Waals surface area (Å²) in [5, 5.41) is 5.16. The van der Waals surface area contributed by atoms with Crippen LogP contribution in [0, 0.1) is 5.41 Å². The van der Waals surface area contributed by atoms with Crippen molar-refractivity contribution >= 4 is 23.2 Å². The third-order valence-electron chi connectivity index (χ3n) is 4.93. The first kappa shape index (κ1) is 17.1. The van der Waals surface area contributed by atoms with Gasteiger partial charge in [-0.3, -0.25) is 0 Å². The number of hydrogen-bond acceptors (Lipinski definition) is 1. The molecule has 0 aromatic heterocycles. The first-order valence-electron chi connectivity index (χ1n) is 8.23.